The Morgan fingerprint density at radius 3 is 2.50 bits per heavy atom. The van der Waals surface area contributed by atoms with Gasteiger partial charge in [0.05, 0.1) is 11.6 Å². The average molecular weight is 364 g/mol. The summed E-state index contributed by atoms with van der Waals surface area (Å²) in [5, 5.41) is 0. The Hall–Kier alpha value is -0.850. The summed E-state index contributed by atoms with van der Waals surface area (Å²) in [4.78, 5) is 1.86. The highest BCUT2D eigenvalue weighted by Gasteiger charge is 2.35. The van der Waals surface area contributed by atoms with E-state index in [4.69, 9.17) is 5.73 Å². The molecule has 0 amide bonds. The first-order valence-electron chi connectivity index (χ1n) is 6.03. The molecule has 0 saturated carbocycles. The Labute approximate surface area is 127 Å². The fourth-order valence-electron chi connectivity index (χ4n) is 1.95. The van der Waals surface area contributed by atoms with Gasteiger partial charge < -0.3 is 5.73 Å². The lowest BCUT2D eigenvalue weighted by molar-refractivity contribution is -0.138. The van der Waals surface area contributed by atoms with Gasteiger partial charge in [-0.3, -0.25) is 0 Å². The van der Waals surface area contributed by atoms with E-state index in [1.54, 1.807) is 12.1 Å². The van der Waals surface area contributed by atoms with Crippen LogP contribution < -0.4 is 5.73 Å². The molecule has 2 aromatic rings. The minimum atomic E-state index is -4.42. The van der Waals surface area contributed by atoms with Crippen molar-refractivity contribution in [2.75, 3.05) is 0 Å². The van der Waals surface area contributed by atoms with Gasteiger partial charge in [0.15, 0.2) is 0 Å². The summed E-state index contributed by atoms with van der Waals surface area (Å²) in [7, 11) is 0. The van der Waals surface area contributed by atoms with Gasteiger partial charge in [0, 0.05) is 14.2 Å². The third-order valence-electron chi connectivity index (χ3n) is 2.99. The molecule has 108 valence electrons. The quantitative estimate of drug-likeness (QED) is 0.802. The lowest BCUT2D eigenvalue weighted by Crippen LogP contribution is -2.17. The Morgan fingerprint density at radius 2 is 1.95 bits per heavy atom. The number of benzene rings is 1. The van der Waals surface area contributed by atoms with Crippen molar-refractivity contribution in [2.45, 2.75) is 25.6 Å². The molecule has 0 aliphatic heterocycles. The summed E-state index contributed by atoms with van der Waals surface area (Å²) < 4.78 is 39.7. The van der Waals surface area contributed by atoms with Crippen LogP contribution >= 0.6 is 27.3 Å². The zero-order chi connectivity index (χ0) is 14.9. The van der Waals surface area contributed by atoms with E-state index in [1.165, 1.54) is 17.4 Å². The largest absolute Gasteiger partial charge is 0.416 e. The molecule has 0 bridgehead atoms. The highest BCUT2D eigenvalue weighted by atomic mass is 79.9. The van der Waals surface area contributed by atoms with Gasteiger partial charge in [0.1, 0.15) is 0 Å². The van der Waals surface area contributed by atoms with Gasteiger partial charge in [0.25, 0.3) is 0 Å². The van der Waals surface area contributed by atoms with Crippen LogP contribution in [0.1, 0.15) is 33.8 Å². The van der Waals surface area contributed by atoms with Crippen molar-refractivity contribution in [1.29, 1.82) is 0 Å². The van der Waals surface area contributed by atoms with Gasteiger partial charge in [-0.05, 0) is 36.2 Å². The van der Waals surface area contributed by atoms with Gasteiger partial charge in [-0.2, -0.15) is 13.2 Å². The van der Waals surface area contributed by atoms with Crippen molar-refractivity contribution in [3.8, 4) is 0 Å². The third kappa shape index (κ3) is 3.24. The maximum atomic E-state index is 13.1. The summed E-state index contributed by atoms with van der Waals surface area (Å²) in [6.07, 6.45) is -3.56. The van der Waals surface area contributed by atoms with E-state index in [9.17, 15) is 13.2 Å². The van der Waals surface area contributed by atoms with Crippen molar-refractivity contribution in [2.24, 2.45) is 5.73 Å². The van der Waals surface area contributed by atoms with Crippen molar-refractivity contribution < 1.29 is 13.2 Å². The summed E-state index contributed by atoms with van der Waals surface area (Å²) in [5.74, 6) is 0. The molecule has 2 N–H and O–H groups in total. The molecule has 0 fully saturated rings. The normalized spacial score (nSPS) is 13.5. The second kappa shape index (κ2) is 5.87. The molecule has 1 nitrogen and oxygen atoms in total. The molecule has 1 heterocycles. The summed E-state index contributed by atoms with van der Waals surface area (Å²) in [6.45, 7) is 2.00. The molecule has 0 aliphatic rings. The Morgan fingerprint density at radius 1 is 1.25 bits per heavy atom. The zero-order valence-electron chi connectivity index (χ0n) is 10.7. The molecular weight excluding hydrogens is 351 g/mol. The molecule has 0 radical (unpaired) electrons. The molecule has 1 aromatic heterocycles. The van der Waals surface area contributed by atoms with Crippen LogP contribution in [0.4, 0.5) is 13.2 Å². The summed E-state index contributed by atoms with van der Waals surface area (Å²) >= 11 is 4.53. The number of alkyl halides is 3. The van der Waals surface area contributed by atoms with Gasteiger partial charge in [0.2, 0.25) is 0 Å². The van der Waals surface area contributed by atoms with E-state index in [1.807, 2.05) is 13.0 Å². The molecule has 0 saturated heterocycles. The van der Waals surface area contributed by atoms with Crippen LogP contribution in [-0.2, 0) is 12.6 Å². The lowest BCUT2D eigenvalue weighted by Gasteiger charge is -2.18. The second-order valence-electron chi connectivity index (χ2n) is 4.36. The van der Waals surface area contributed by atoms with Crippen LogP contribution in [0.15, 0.2) is 34.8 Å². The summed E-state index contributed by atoms with van der Waals surface area (Å²) in [6, 6.07) is 7.04. The van der Waals surface area contributed by atoms with Crippen LogP contribution in [0.5, 0.6) is 0 Å². The molecule has 0 spiro atoms. The van der Waals surface area contributed by atoms with Crippen LogP contribution in [0.3, 0.4) is 0 Å². The van der Waals surface area contributed by atoms with Gasteiger partial charge in [-0.15, -0.1) is 11.3 Å². The first kappa shape index (κ1) is 15.5. The second-order valence-corrected chi connectivity index (χ2v) is 6.48. The van der Waals surface area contributed by atoms with Crippen LogP contribution in [-0.4, -0.2) is 0 Å². The predicted molar refractivity (Wildman–Crippen MR) is 78.9 cm³/mol. The fraction of sp³-hybridized carbons (Fsp3) is 0.286. The number of aryl methyl sites for hydroxylation is 1. The first-order chi connectivity index (χ1) is 9.32. The van der Waals surface area contributed by atoms with Gasteiger partial charge in [-0.1, -0.05) is 28.9 Å². The first-order valence-corrected chi connectivity index (χ1v) is 7.64. The summed E-state index contributed by atoms with van der Waals surface area (Å²) in [5.41, 5.74) is 5.44. The zero-order valence-corrected chi connectivity index (χ0v) is 13.1. The van der Waals surface area contributed by atoms with E-state index < -0.39 is 17.8 Å². The van der Waals surface area contributed by atoms with E-state index in [-0.39, 0.29) is 5.56 Å². The Balaban J connectivity index is 2.46. The molecule has 1 aromatic carbocycles. The molecule has 1 unspecified atom stereocenters. The Kier molecular flexibility index (Phi) is 4.56. The molecule has 1 atom stereocenters. The van der Waals surface area contributed by atoms with E-state index >= 15 is 0 Å². The Bertz CT molecular complexity index is 607. The number of rotatable bonds is 3. The van der Waals surface area contributed by atoms with Gasteiger partial charge >= 0.3 is 6.18 Å². The number of halogens is 4. The van der Waals surface area contributed by atoms with E-state index in [0.29, 0.717) is 4.47 Å². The third-order valence-corrected chi connectivity index (χ3v) is 4.80. The smallest absolute Gasteiger partial charge is 0.320 e. The standard InChI is InChI=1S/C14H13BrF3NS/c1-2-9-4-6-12(20-9)13(19)10-5-3-8(15)7-11(10)14(16,17)18/h3-7,13H,2,19H2,1H3. The van der Waals surface area contributed by atoms with Crippen molar-refractivity contribution >= 4 is 27.3 Å². The predicted octanol–water partition coefficient (Wildman–Crippen LogP) is 5.14. The minimum absolute atomic E-state index is 0.102. The van der Waals surface area contributed by atoms with Crippen LogP contribution in [0, 0.1) is 0 Å². The van der Waals surface area contributed by atoms with Crippen molar-refractivity contribution in [3.05, 3.63) is 55.7 Å². The maximum Gasteiger partial charge on any atom is 0.416 e. The number of thiophene rings is 1. The van der Waals surface area contributed by atoms with E-state index in [2.05, 4.69) is 15.9 Å². The molecule has 0 aliphatic carbocycles. The number of hydrogen-bond acceptors (Lipinski definition) is 2. The maximum absolute atomic E-state index is 13.1. The SMILES string of the molecule is CCc1ccc(C(N)c2ccc(Br)cc2C(F)(F)F)s1. The monoisotopic (exact) mass is 363 g/mol. The number of hydrogen-bond donors (Lipinski definition) is 1. The highest BCUT2D eigenvalue weighted by Crippen LogP contribution is 2.38. The molecular formula is C14H13BrF3NS. The highest BCUT2D eigenvalue weighted by molar-refractivity contribution is 9.10. The molecule has 2 rings (SSSR count). The fourth-order valence-corrected chi connectivity index (χ4v) is 3.28. The van der Waals surface area contributed by atoms with E-state index in [0.717, 1.165) is 22.2 Å². The molecule has 20 heavy (non-hydrogen) atoms. The lowest BCUT2D eigenvalue weighted by atomic mass is 9.99. The van der Waals surface area contributed by atoms with Gasteiger partial charge in [-0.25, -0.2) is 0 Å². The van der Waals surface area contributed by atoms with Crippen molar-refractivity contribution in [3.63, 3.8) is 0 Å². The van der Waals surface area contributed by atoms with Crippen LogP contribution in [0.25, 0.3) is 0 Å². The van der Waals surface area contributed by atoms with Crippen molar-refractivity contribution in [1.82, 2.24) is 0 Å². The van der Waals surface area contributed by atoms with Crippen LogP contribution in [0.2, 0.25) is 0 Å². The topological polar surface area (TPSA) is 26.0 Å². The minimum Gasteiger partial charge on any atom is -0.320 e. The number of nitrogens with two attached hydrogens (primary N) is 1. The average Bonchev–Trinajstić information content (AvgIpc) is 2.85. The molecule has 6 heteroatoms.